The van der Waals surface area contributed by atoms with Crippen LogP contribution in [0.25, 0.3) is 0 Å². The Morgan fingerprint density at radius 2 is 1.89 bits per heavy atom. The molecule has 0 amide bonds. The Kier molecular flexibility index (Phi) is 4.91. The molecule has 0 aromatic carbocycles. The van der Waals surface area contributed by atoms with Crippen LogP contribution in [0.5, 0.6) is 0 Å². The predicted octanol–water partition coefficient (Wildman–Crippen LogP) is 2.93. The molecular formula is C16H32N2O. The first-order valence-electron chi connectivity index (χ1n) is 8.14. The number of ether oxygens (including phenoxy) is 1. The molecule has 2 rings (SSSR count). The van der Waals surface area contributed by atoms with Gasteiger partial charge in [0.05, 0.1) is 11.7 Å². The average Bonchev–Trinajstić information content (AvgIpc) is 2.96. The lowest BCUT2D eigenvalue weighted by atomic mass is 9.94. The van der Waals surface area contributed by atoms with Crippen molar-refractivity contribution in [3.8, 4) is 0 Å². The summed E-state index contributed by atoms with van der Waals surface area (Å²) in [7, 11) is 0. The molecule has 3 nitrogen and oxygen atoms in total. The highest BCUT2D eigenvalue weighted by molar-refractivity contribution is 4.97. The van der Waals surface area contributed by atoms with Gasteiger partial charge in [0.25, 0.3) is 0 Å². The number of nitrogens with zero attached hydrogens (tertiary/aromatic N) is 1. The van der Waals surface area contributed by atoms with E-state index in [0.29, 0.717) is 6.10 Å². The van der Waals surface area contributed by atoms with E-state index in [9.17, 15) is 0 Å². The molecule has 112 valence electrons. The molecule has 1 saturated carbocycles. The van der Waals surface area contributed by atoms with Crippen LogP contribution >= 0.6 is 0 Å². The molecule has 1 aliphatic heterocycles. The standard InChI is InChI=1S/C16H32N2O/c1-4-11-18(16(13-17)8-5-6-9-16)12-14-7-10-15(2,3)19-14/h14H,4-13,17H2,1-3H3. The second-order valence-electron chi connectivity index (χ2n) is 7.12. The van der Waals surface area contributed by atoms with Crippen LogP contribution in [0.1, 0.15) is 65.7 Å². The maximum Gasteiger partial charge on any atom is 0.0710 e. The lowest BCUT2D eigenvalue weighted by molar-refractivity contribution is -0.0444. The van der Waals surface area contributed by atoms with Gasteiger partial charge in [0.15, 0.2) is 0 Å². The van der Waals surface area contributed by atoms with E-state index in [0.717, 1.165) is 19.6 Å². The normalized spacial score (nSPS) is 29.2. The summed E-state index contributed by atoms with van der Waals surface area (Å²) in [4.78, 5) is 2.66. The number of nitrogens with two attached hydrogens (primary N) is 1. The third kappa shape index (κ3) is 3.50. The Morgan fingerprint density at radius 3 is 2.37 bits per heavy atom. The van der Waals surface area contributed by atoms with Gasteiger partial charge >= 0.3 is 0 Å². The van der Waals surface area contributed by atoms with Crippen molar-refractivity contribution in [1.82, 2.24) is 4.90 Å². The summed E-state index contributed by atoms with van der Waals surface area (Å²) in [6.45, 7) is 9.75. The fourth-order valence-electron chi connectivity index (χ4n) is 3.93. The minimum absolute atomic E-state index is 0.0775. The zero-order chi connectivity index (χ0) is 13.9. The summed E-state index contributed by atoms with van der Waals surface area (Å²) in [5.74, 6) is 0. The van der Waals surface area contributed by atoms with Crippen LogP contribution in [0.3, 0.4) is 0 Å². The Hall–Kier alpha value is -0.120. The largest absolute Gasteiger partial charge is 0.371 e. The molecule has 0 aromatic heterocycles. The molecule has 1 aliphatic carbocycles. The molecule has 1 heterocycles. The van der Waals surface area contributed by atoms with Gasteiger partial charge < -0.3 is 10.5 Å². The van der Waals surface area contributed by atoms with Crippen molar-refractivity contribution in [2.75, 3.05) is 19.6 Å². The SMILES string of the molecule is CCCN(CC1CCC(C)(C)O1)C1(CN)CCCC1. The van der Waals surface area contributed by atoms with Crippen molar-refractivity contribution in [3.63, 3.8) is 0 Å². The van der Waals surface area contributed by atoms with Crippen LogP contribution in [-0.4, -0.2) is 41.8 Å². The first-order valence-corrected chi connectivity index (χ1v) is 8.14. The topological polar surface area (TPSA) is 38.5 Å². The zero-order valence-corrected chi connectivity index (χ0v) is 13.1. The molecule has 0 bridgehead atoms. The third-order valence-electron chi connectivity index (χ3n) is 5.06. The van der Waals surface area contributed by atoms with Gasteiger partial charge in [0.1, 0.15) is 0 Å². The van der Waals surface area contributed by atoms with Gasteiger partial charge in [0, 0.05) is 18.6 Å². The molecule has 2 aliphatic rings. The van der Waals surface area contributed by atoms with E-state index in [4.69, 9.17) is 10.5 Å². The maximum absolute atomic E-state index is 6.19. The van der Waals surface area contributed by atoms with Crippen LogP contribution in [-0.2, 0) is 4.74 Å². The van der Waals surface area contributed by atoms with E-state index in [1.807, 2.05) is 0 Å². The summed E-state index contributed by atoms with van der Waals surface area (Å²) in [5.41, 5.74) is 6.49. The molecule has 0 spiro atoms. The van der Waals surface area contributed by atoms with Crippen molar-refractivity contribution in [1.29, 1.82) is 0 Å². The zero-order valence-electron chi connectivity index (χ0n) is 13.1. The van der Waals surface area contributed by atoms with Crippen molar-refractivity contribution >= 4 is 0 Å². The molecule has 19 heavy (non-hydrogen) atoms. The first-order chi connectivity index (χ1) is 9.01. The van der Waals surface area contributed by atoms with E-state index in [1.165, 1.54) is 44.9 Å². The number of hydrogen-bond donors (Lipinski definition) is 1. The second-order valence-corrected chi connectivity index (χ2v) is 7.12. The van der Waals surface area contributed by atoms with Gasteiger partial charge in [-0.3, -0.25) is 4.90 Å². The fourth-order valence-corrected chi connectivity index (χ4v) is 3.93. The molecule has 2 fully saturated rings. The lowest BCUT2D eigenvalue weighted by Crippen LogP contribution is -2.54. The van der Waals surface area contributed by atoms with Crippen LogP contribution in [0.15, 0.2) is 0 Å². The van der Waals surface area contributed by atoms with Crippen LogP contribution in [0.4, 0.5) is 0 Å². The minimum atomic E-state index is 0.0775. The third-order valence-corrected chi connectivity index (χ3v) is 5.06. The molecule has 3 heteroatoms. The van der Waals surface area contributed by atoms with E-state index in [-0.39, 0.29) is 11.1 Å². The van der Waals surface area contributed by atoms with Gasteiger partial charge in [0.2, 0.25) is 0 Å². The highest BCUT2D eigenvalue weighted by atomic mass is 16.5. The molecule has 1 atom stereocenters. The van der Waals surface area contributed by atoms with E-state index in [2.05, 4.69) is 25.7 Å². The Balaban J connectivity index is 2.00. The molecule has 0 aromatic rings. The molecular weight excluding hydrogens is 236 g/mol. The van der Waals surface area contributed by atoms with E-state index < -0.39 is 0 Å². The Labute approximate surface area is 118 Å². The molecule has 0 radical (unpaired) electrons. The highest BCUT2D eigenvalue weighted by Crippen LogP contribution is 2.37. The van der Waals surface area contributed by atoms with Crippen molar-refractivity contribution in [3.05, 3.63) is 0 Å². The van der Waals surface area contributed by atoms with Crippen LogP contribution in [0.2, 0.25) is 0 Å². The molecule has 2 N–H and O–H groups in total. The molecule has 1 unspecified atom stereocenters. The van der Waals surface area contributed by atoms with Gasteiger partial charge in [-0.25, -0.2) is 0 Å². The maximum atomic E-state index is 6.19. The van der Waals surface area contributed by atoms with Gasteiger partial charge in [-0.05, 0) is 52.5 Å². The lowest BCUT2D eigenvalue weighted by Gasteiger charge is -2.42. The molecule has 1 saturated heterocycles. The summed E-state index contributed by atoms with van der Waals surface area (Å²) < 4.78 is 6.19. The van der Waals surface area contributed by atoms with E-state index >= 15 is 0 Å². The van der Waals surface area contributed by atoms with Crippen molar-refractivity contribution < 1.29 is 4.74 Å². The average molecular weight is 268 g/mol. The number of hydrogen-bond acceptors (Lipinski definition) is 3. The smallest absolute Gasteiger partial charge is 0.0710 e. The summed E-state index contributed by atoms with van der Waals surface area (Å²) in [5, 5.41) is 0. The summed E-state index contributed by atoms with van der Waals surface area (Å²) in [6.07, 6.45) is 9.24. The first kappa shape index (κ1) is 15.3. The van der Waals surface area contributed by atoms with Gasteiger partial charge in [-0.1, -0.05) is 19.8 Å². The minimum Gasteiger partial charge on any atom is -0.371 e. The van der Waals surface area contributed by atoms with Gasteiger partial charge in [-0.15, -0.1) is 0 Å². The van der Waals surface area contributed by atoms with Crippen molar-refractivity contribution in [2.45, 2.75) is 83.0 Å². The Morgan fingerprint density at radius 1 is 1.21 bits per heavy atom. The predicted molar refractivity (Wildman–Crippen MR) is 80.3 cm³/mol. The van der Waals surface area contributed by atoms with E-state index in [1.54, 1.807) is 0 Å². The van der Waals surface area contributed by atoms with Crippen LogP contribution in [0, 0.1) is 0 Å². The Bertz CT molecular complexity index is 284. The monoisotopic (exact) mass is 268 g/mol. The second kappa shape index (κ2) is 6.11. The van der Waals surface area contributed by atoms with Crippen molar-refractivity contribution in [2.24, 2.45) is 5.73 Å². The van der Waals surface area contributed by atoms with Crippen LogP contribution < -0.4 is 5.73 Å². The quantitative estimate of drug-likeness (QED) is 0.805. The summed E-state index contributed by atoms with van der Waals surface area (Å²) in [6, 6.07) is 0. The van der Waals surface area contributed by atoms with Gasteiger partial charge in [-0.2, -0.15) is 0 Å². The number of rotatable bonds is 6. The fraction of sp³-hybridized carbons (Fsp3) is 1.00. The summed E-state index contributed by atoms with van der Waals surface area (Å²) >= 11 is 0. The highest BCUT2D eigenvalue weighted by Gasteiger charge is 2.41.